The van der Waals surface area contributed by atoms with Crippen molar-refractivity contribution in [3.8, 4) is 0 Å². The Balaban J connectivity index is 2.09. The second-order valence-corrected chi connectivity index (χ2v) is 4.18. The highest BCUT2D eigenvalue weighted by Gasteiger charge is 2.26. The van der Waals surface area contributed by atoms with Crippen molar-refractivity contribution in [3.05, 3.63) is 35.4 Å². The second-order valence-electron chi connectivity index (χ2n) is 4.18. The van der Waals surface area contributed by atoms with E-state index in [1.165, 1.54) is 18.4 Å². The molecule has 0 heterocycles. The van der Waals surface area contributed by atoms with Crippen LogP contribution in [0.4, 0.5) is 0 Å². The normalized spacial score (nSPS) is 28.2. The van der Waals surface area contributed by atoms with E-state index in [0.29, 0.717) is 0 Å². The summed E-state index contributed by atoms with van der Waals surface area (Å²) in [6, 6.07) is 9.01. The molecule has 0 bridgehead atoms. The number of aryl methyl sites for hydroxylation is 1. The molecule has 1 aromatic carbocycles. The first-order valence-electron chi connectivity index (χ1n) is 4.82. The highest BCUT2D eigenvalue weighted by molar-refractivity contribution is 5.26. The van der Waals surface area contributed by atoms with Crippen LogP contribution in [-0.2, 0) is 0 Å². The molecule has 1 fully saturated rings. The van der Waals surface area contributed by atoms with Crippen LogP contribution in [-0.4, -0.2) is 0 Å². The first-order valence-corrected chi connectivity index (χ1v) is 4.82. The van der Waals surface area contributed by atoms with Crippen LogP contribution >= 0.6 is 0 Å². The third-order valence-electron chi connectivity index (χ3n) is 2.92. The lowest BCUT2D eigenvalue weighted by atomic mass is 9.72. The summed E-state index contributed by atoms with van der Waals surface area (Å²) in [4.78, 5) is 0. The first kappa shape index (κ1) is 7.85. The number of rotatable bonds is 1. The predicted molar refractivity (Wildman–Crippen MR) is 52.3 cm³/mol. The van der Waals surface area contributed by atoms with Crippen molar-refractivity contribution >= 4 is 0 Å². The van der Waals surface area contributed by atoms with Crippen LogP contribution in [0.15, 0.2) is 24.3 Å². The van der Waals surface area contributed by atoms with E-state index >= 15 is 0 Å². The summed E-state index contributed by atoms with van der Waals surface area (Å²) < 4.78 is 0. The number of hydrogen-bond donors (Lipinski definition) is 0. The molecular weight excluding hydrogens is 144 g/mol. The van der Waals surface area contributed by atoms with Gasteiger partial charge in [0.15, 0.2) is 0 Å². The zero-order valence-electron chi connectivity index (χ0n) is 7.88. The van der Waals surface area contributed by atoms with Gasteiger partial charge in [0.2, 0.25) is 0 Å². The molecule has 1 saturated carbocycles. The fourth-order valence-electron chi connectivity index (χ4n) is 2.01. The van der Waals surface area contributed by atoms with E-state index in [0.717, 1.165) is 11.8 Å². The van der Waals surface area contributed by atoms with Gasteiger partial charge in [-0.15, -0.1) is 0 Å². The van der Waals surface area contributed by atoms with E-state index in [4.69, 9.17) is 0 Å². The van der Waals surface area contributed by atoms with Gasteiger partial charge in [-0.2, -0.15) is 0 Å². The molecule has 0 saturated heterocycles. The molecule has 0 heteroatoms. The molecule has 1 aromatic rings. The lowest BCUT2D eigenvalue weighted by Gasteiger charge is -2.33. The van der Waals surface area contributed by atoms with Crippen LogP contribution in [0.25, 0.3) is 0 Å². The molecule has 0 aliphatic heterocycles. The van der Waals surface area contributed by atoms with E-state index in [1.807, 2.05) is 0 Å². The third-order valence-corrected chi connectivity index (χ3v) is 2.92. The maximum absolute atomic E-state index is 2.34. The molecule has 0 nitrogen and oxygen atoms in total. The molecule has 12 heavy (non-hydrogen) atoms. The average molecular weight is 160 g/mol. The Morgan fingerprint density at radius 2 is 1.67 bits per heavy atom. The molecule has 2 rings (SSSR count). The highest BCUT2D eigenvalue weighted by atomic mass is 14.3. The fraction of sp³-hybridized carbons (Fsp3) is 0.500. The molecule has 0 N–H and O–H groups in total. The van der Waals surface area contributed by atoms with Crippen LogP contribution in [0.3, 0.4) is 0 Å². The minimum absolute atomic E-state index is 0.862. The maximum Gasteiger partial charge on any atom is -0.0157 e. The van der Waals surface area contributed by atoms with Gasteiger partial charge in [0.25, 0.3) is 0 Å². The molecule has 1 aliphatic rings. The number of benzene rings is 1. The Labute approximate surface area is 74.6 Å². The maximum atomic E-state index is 2.34. The molecule has 0 atom stereocenters. The second kappa shape index (κ2) is 2.93. The third kappa shape index (κ3) is 1.38. The van der Waals surface area contributed by atoms with Crippen molar-refractivity contribution in [1.82, 2.24) is 0 Å². The summed E-state index contributed by atoms with van der Waals surface area (Å²) in [5.41, 5.74) is 2.91. The lowest BCUT2D eigenvalue weighted by Crippen LogP contribution is -2.18. The molecule has 1 aliphatic carbocycles. The first-order chi connectivity index (χ1) is 5.75. The summed E-state index contributed by atoms with van der Waals surface area (Å²) in [7, 11) is 0. The Morgan fingerprint density at radius 1 is 1.08 bits per heavy atom. The van der Waals surface area contributed by atoms with E-state index < -0.39 is 0 Å². The molecule has 0 unspecified atom stereocenters. The summed E-state index contributed by atoms with van der Waals surface area (Å²) in [6.07, 6.45) is 2.78. The van der Waals surface area contributed by atoms with Gasteiger partial charge >= 0.3 is 0 Å². The predicted octanol–water partition coefficient (Wildman–Crippen LogP) is 3.51. The molecule has 0 radical (unpaired) electrons. The Morgan fingerprint density at radius 3 is 2.17 bits per heavy atom. The zero-order valence-corrected chi connectivity index (χ0v) is 7.88. The summed E-state index contributed by atoms with van der Waals surface area (Å²) in [5.74, 6) is 1.82. The van der Waals surface area contributed by atoms with Crippen LogP contribution < -0.4 is 0 Å². The van der Waals surface area contributed by atoms with Crippen LogP contribution in [0, 0.1) is 12.8 Å². The molecule has 0 aromatic heterocycles. The van der Waals surface area contributed by atoms with Gasteiger partial charge in [-0.25, -0.2) is 0 Å². The standard InChI is InChI=1S/C12H16/c1-9-3-5-11(6-4-9)12-7-10(2)8-12/h3-6,10,12H,7-8H2,1-2H3. The minimum Gasteiger partial charge on any atom is -0.0625 e. The van der Waals surface area contributed by atoms with Gasteiger partial charge in [0.05, 0.1) is 0 Å². The largest absolute Gasteiger partial charge is 0.0625 e. The lowest BCUT2D eigenvalue weighted by molar-refractivity contribution is 0.288. The van der Waals surface area contributed by atoms with Gasteiger partial charge in [-0.05, 0) is 37.2 Å². The van der Waals surface area contributed by atoms with Crippen LogP contribution in [0.1, 0.15) is 36.8 Å². The molecule has 0 spiro atoms. The topological polar surface area (TPSA) is 0 Å². The monoisotopic (exact) mass is 160 g/mol. The summed E-state index contributed by atoms with van der Waals surface area (Å²) in [5, 5.41) is 0. The Bertz CT molecular complexity index is 252. The van der Waals surface area contributed by atoms with Gasteiger partial charge in [-0.3, -0.25) is 0 Å². The van der Waals surface area contributed by atoms with Crippen molar-refractivity contribution < 1.29 is 0 Å². The minimum atomic E-state index is 0.862. The van der Waals surface area contributed by atoms with Gasteiger partial charge < -0.3 is 0 Å². The smallest absolute Gasteiger partial charge is 0.0157 e. The fourth-order valence-corrected chi connectivity index (χ4v) is 2.01. The van der Waals surface area contributed by atoms with E-state index in [9.17, 15) is 0 Å². The quantitative estimate of drug-likeness (QED) is 0.589. The van der Waals surface area contributed by atoms with Crippen molar-refractivity contribution in [2.75, 3.05) is 0 Å². The number of hydrogen-bond acceptors (Lipinski definition) is 0. The van der Waals surface area contributed by atoms with Crippen LogP contribution in [0.5, 0.6) is 0 Å². The van der Waals surface area contributed by atoms with E-state index in [2.05, 4.69) is 38.1 Å². The van der Waals surface area contributed by atoms with E-state index in [1.54, 1.807) is 5.56 Å². The summed E-state index contributed by atoms with van der Waals surface area (Å²) >= 11 is 0. The molecular formula is C12H16. The van der Waals surface area contributed by atoms with Crippen molar-refractivity contribution in [3.63, 3.8) is 0 Å². The Kier molecular flexibility index (Phi) is 1.92. The van der Waals surface area contributed by atoms with Crippen molar-refractivity contribution in [2.45, 2.75) is 32.6 Å². The van der Waals surface area contributed by atoms with Gasteiger partial charge in [0, 0.05) is 0 Å². The van der Waals surface area contributed by atoms with Crippen molar-refractivity contribution in [1.29, 1.82) is 0 Å². The average Bonchev–Trinajstić information content (AvgIpc) is 2.01. The summed E-state index contributed by atoms with van der Waals surface area (Å²) in [6.45, 7) is 4.48. The molecule has 0 amide bonds. The SMILES string of the molecule is Cc1ccc(C2CC(C)C2)cc1. The van der Waals surface area contributed by atoms with E-state index in [-0.39, 0.29) is 0 Å². The van der Waals surface area contributed by atoms with Gasteiger partial charge in [-0.1, -0.05) is 36.8 Å². The van der Waals surface area contributed by atoms with Crippen LogP contribution in [0.2, 0.25) is 0 Å². The molecule has 64 valence electrons. The Hall–Kier alpha value is -0.780. The zero-order chi connectivity index (χ0) is 8.55. The highest BCUT2D eigenvalue weighted by Crippen LogP contribution is 2.40. The van der Waals surface area contributed by atoms with Gasteiger partial charge in [0.1, 0.15) is 0 Å². The van der Waals surface area contributed by atoms with Crippen molar-refractivity contribution in [2.24, 2.45) is 5.92 Å².